The van der Waals surface area contributed by atoms with Crippen molar-refractivity contribution in [3.05, 3.63) is 65.2 Å². The average Bonchev–Trinajstić information content (AvgIpc) is 2.39. The molecule has 0 aliphatic rings. The van der Waals surface area contributed by atoms with Crippen LogP contribution in [0.2, 0.25) is 0 Å². The normalized spacial score (nSPS) is 11.2. The van der Waals surface area contributed by atoms with E-state index in [-0.39, 0.29) is 16.2 Å². The first-order valence-electron chi connectivity index (χ1n) is 6.01. The molecule has 2 aromatic rings. The van der Waals surface area contributed by atoms with E-state index in [9.17, 15) is 13.2 Å². The van der Waals surface area contributed by atoms with Crippen LogP contribution in [0.4, 0.5) is 0 Å². The number of hydrogen-bond donors (Lipinski definition) is 1. The minimum absolute atomic E-state index is 0.0257. The van der Waals surface area contributed by atoms with Crippen LogP contribution in [0, 0.1) is 6.92 Å². The number of carboxylic acids is 1. The van der Waals surface area contributed by atoms with E-state index in [1.165, 1.54) is 18.2 Å². The standard InChI is InChI=1S/C15H14O4S/c1-11-7-8-13(15(16)17)9-14(11)20(18,19)10-12-5-3-2-4-6-12/h2-9H,10H2,1H3,(H,16,17). The van der Waals surface area contributed by atoms with Gasteiger partial charge in [0, 0.05) is 0 Å². The van der Waals surface area contributed by atoms with E-state index in [0.29, 0.717) is 11.1 Å². The largest absolute Gasteiger partial charge is 0.478 e. The first-order chi connectivity index (χ1) is 9.40. The molecule has 20 heavy (non-hydrogen) atoms. The van der Waals surface area contributed by atoms with Crippen LogP contribution in [0.25, 0.3) is 0 Å². The summed E-state index contributed by atoms with van der Waals surface area (Å²) in [4.78, 5) is 11.0. The number of hydrogen-bond acceptors (Lipinski definition) is 3. The smallest absolute Gasteiger partial charge is 0.335 e. The summed E-state index contributed by atoms with van der Waals surface area (Å²) in [6, 6.07) is 12.9. The molecule has 5 heteroatoms. The van der Waals surface area contributed by atoms with Gasteiger partial charge < -0.3 is 5.11 Å². The highest BCUT2D eigenvalue weighted by molar-refractivity contribution is 7.90. The molecule has 0 saturated heterocycles. The lowest BCUT2D eigenvalue weighted by atomic mass is 10.1. The van der Waals surface area contributed by atoms with Gasteiger partial charge in [-0.2, -0.15) is 0 Å². The third-order valence-electron chi connectivity index (χ3n) is 2.97. The molecule has 4 nitrogen and oxygen atoms in total. The summed E-state index contributed by atoms with van der Waals surface area (Å²) in [6.07, 6.45) is 0. The van der Waals surface area contributed by atoms with Crippen LogP contribution < -0.4 is 0 Å². The van der Waals surface area contributed by atoms with Crippen molar-refractivity contribution in [1.29, 1.82) is 0 Å². The number of rotatable bonds is 4. The summed E-state index contributed by atoms with van der Waals surface area (Å²) < 4.78 is 24.8. The summed E-state index contributed by atoms with van der Waals surface area (Å²) in [5.74, 6) is -1.28. The van der Waals surface area contributed by atoms with Gasteiger partial charge in [0.15, 0.2) is 9.84 Å². The second kappa shape index (κ2) is 5.46. The maximum absolute atomic E-state index is 12.4. The van der Waals surface area contributed by atoms with E-state index in [4.69, 9.17) is 5.11 Å². The molecule has 104 valence electrons. The molecule has 0 aliphatic carbocycles. The number of carboxylic acid groups (broad SMARTS) is 1. The van der Waals surface area contributed by atoms with Gasteiger partial charge in [0.25, 0.3) is 0 Å². The molecule has 0 bridgehead atoms. The minimum Gasteiger partial charge on any atom is -0.478 e. The van der Waals surface area contributed by atoms with Crippen molar-refractivity contribution in [1.82, 2.24) is 0 Å². The van der Waals surface area contributed by atoms with Crippen molar-refractivity contribution < 1.29 is 18.3 Å². The average molecular weight is 290 g/mol. The number of aryl methyl sites for hydroxylation is 1. The van der Waals surface area contributed by atoms with Gasteiger partial charge in [-0.05, 0) is 30.2 Å². The highest BCUT2D eigenvalue weighted by Crippen LogP contribution is 2.21. The molecule has 1 N–H and O–H groups in total. The molecule has 0 fully saturated rings. The number of sulfone groups is 1. The maximum atomic E-state index is 12.4. The van der Waals surface area contributed by atoms with Gasteiger partial charge in [-0.25, -0.2) is 13.2 Å². The molecule has 0 radical (unpaired) electrons. The van der Waals surface area contributed by atoms with Crippen LogP contribution in [0.1, 0.15) is 21.5 Å². The third kappa shape index (κ3) is 3.05. The van der Waals surface area contributed by atoms with E-state index in [0.717, 1.165) is 0 Å². The number of carbonyl (C=O) groups is 1. The van der Waals surface area contributed by atoms with Crippen molar-refractivity contribution in [2.24, 2.45) is 0 Å². The predicted octanol–water partition coefficient (Wildman–Crippen LogP) is 2.67. The monoisotopic (exact) mass is 290 g/mol. The Morgan fingerprint density at radius 2 is 1.75 bits per heavy atom. The zero-order valence-corrected chi connectivity index (χ0v) is 11.7. The van der Waals surface area contributed by atoms with Crippen LogP contribution >= 0.6 is 0 Å². The molecule has 0 heterocycles. The Morgan fingerprint density at radius 1 is 1.10 bits per heavy atom. The van der Waals surface area contributed by atoms with Crippen LogP contribution in [0.5, 0.6) is 0 Å². The lowest BCUT2D eigenvalue weighted by Gasteiger charge is -2.09. The topological polar surface area (TPSA) is 71.4 Å². The Kier molecular flexibility index (Phi) is 3.90. The Hall–Kier alpha value is -2.14. The highest BCUT2D eigenvalue weighted by atomic mass is 32.2. The van der Waals surface area contributed by atoms with Crippen LogP contribution in [0.3, 0.4) is 0 Å². The SMILES string of the molecule is Cc1ccc(C(=O)O)cc1S(=O)(=O)Cc1ccccc1. The van der Waals surface area contributed by atoms with Crippen molar-refractivity contribution in [2.45, 2.75) is 17.6 Å². The fourth-order valence-corrected chi connectivity index (χ4v) is 3.59. The molecule has 0 saturated carbocycles. The first kappa shape index (κ1) is 14.3. The molecule has 2 rings (SSSR count). The summed E-state index contributed by atoms with van der Waals surface area (Å²) in [5.41, 5.74) is 1.20. The summed E-state index contributed by atoms with van der Waals surface area (Å²) >= 11 is 0. The van der Waals surface area contributed by atoms with Gasteiger partial charge >= 0.3 is 5.97 Å². The van der Waals surface area contributed by atoms with Crippen LogP contribution in [-0.2, 0) is 15.6 Å². The van der Waals surface area contributed by atoms with Gasteiger partial charge in [0.1, 0.15) is 0 Å². The van der Waals surface area contributed by atoms with Gasteiger partial charge in [-0.1, -0.05) is 36.4 Å². The van der Waals surface area contributed by atoms with E-state index in [1.54, 1.807) is 31.2 Å². The Balaban J connectivity index is 2.44. The van der Waals surface area contributed by atoms with Crippen molar-refractivity contribution in [3.8, 4) is 0 Å². The minimum atomic E-state index is -3.56. The van der Waals surface area contributed by atoms with E-state index < -0.39 is 15.8 Å². The summed E-state index contributed by atoms with van der Waals surface area (Å²) in [7, 11) is -3.56. The van der Waals surface area contributed by atoms with Gasteiger partial charge in [-0.15, -0.1) is 0 Å². The molecule has 0 amide bonds. The zero-order chi connectivity index (χ0) is 14.8. The molecular formula is C15H14O4S. The van der Waals surface area contributed by atoms with E-state index >= 15 is 0 Å². The van der Waals surface area contributed by atoms with Gasteiger partial charge in [0.05, 0.1) is 16.2 Å². The molecule has 0 aliphatic heterocycles. The molecule has 0 unspecified atom stereocenters. The third-order valence-corrected chi connectivity index (χ3v) is 4.79. The quantitative estimate of drug-likeness (QED) is 0.939. The number of aromatic carboxylic acids is 1. The first-order valence-corrected chi connectivity index (χ1v) is 7.66. The Bertz CT molecular complexity index is 734. The van der Waals surface area contributed by atoms with Gasteiger partial charge in [-0.3, -0.25) is 0 Å². The summed E-state index contributed by atoms with van der Waals surface area (Å²) in [5, 5.41) is 8.96. The molecule has 2 aromatic carbocycles. The van der Waals surface area contributed by atoms with Crippen molar-refractivity contribution >= 4 is 15.8 Å². The van der Waals surface area contributed by atoms with Gasteiger partial charge in [0.2, 0.25) is 0 Å². The van der Waals surface area contributed by atoms with Crippen LogP contribution in [-0.4, -0.2) is 19.5 Å². The fourth-order valence-electron chi connectivity index (χ4n) is 1.94. The lowest BCUT2D eigenvalue weighted by molar-refractivity contribution is 0.0696. The molecular weight excluding hydrogens is 276 g/mol. The lowest BCUT2D eigenvalue weighted by Crippen LogP contribution is -2.08. The molecule has 0 atom stereocenters. The zero-order valence-electron chi connectivity index (χ0n) is 10.9. The maximum Gasteiger partial charge on any atom is 0.335 e. The highest BCUT2D eigenvalue weighted by Gasteiger charge is 2.19. The molecule has 0 spiro atoms. The second-order valence-corrected chi connectivity index (χ2v) is 6.49. The molecule has 0 aromatic heterocycles. The Morgan fingerprint density at radius 3 is 2.35 bits per heavy atom. The Labute approximate surface area is 117 Å². The van der Waals surface area contributed by atoms with E-state index in [1.807, 2.05) is 6.07 Å². The number of benzene rings is 2. The van der Waals surface area contributed by atoms with E-state index in [2.05, 4.69) is 0 Å². The second-order valence-electron chi connectivity index (χ2n) is 4.53. The predicted molar refractivity (Wildman–Crippen MR) is 75.5 cm³/mol. The fraction of sp³-hybridized carbons (Fsp3) is 0.133. The van der Waals surface area contributed by atoms with Crippen molar-refractivity contribution in [2.75, 3.05) is 0 Å². The van der Waals surface area contributed by atoms with Crippen molar-refractivity contribution in [3.63, 3.8) is 0 Å². The van der Waals surface area contributed by atoms with Crippen LogP contribution in [0.15, 0.2) is 53.4 Å². The summed E-state index contributed by atoms with van der Waals surface area (Å²) in [6.45, 7) is 1.66.